The van der Waals surface area contributed by atoms with Crippen molar-refractivity contribution in [1.29, 1.82) is 0 Å². The van der Waals surface area contributed by atoms with E-state index >= 15 is 0 Å². The zero-order valence-corrected chi connectivity index (χ0v) is 14.8. The van der Waals surface area contributed by atoms with E-state index in [2.05, 4.69) is 0 Å². The molecule has 1 saturated heterocycles. The molecule has 10 heteroatoms. The SMILES string of the molecule is C[C@H](NS(=O)(=O)c1cccc(S(=O)(=O)N2CCCCC2)c1)C(=O)O. The molecule has 24 heavy (non-hydrogen) atoms. The van der Waals surface area contributed by atoms with Gasteiger partial charge in [0.15, 0.2) is 0 Å². The second-order valence-electron chi connectivity index (χ2n) is 5.62. The molecule has 1 aliphatic rings. The van der Waals surface area contributed by atoms with Crippen LogP contribution in [0.15, 0.2) is 34.1 Å². The van der Waals surface area contributed by atoms with E-state index < -0.39 is 32.1 Å². The summed E-state index contributed by atoms with van der Waals surface area (Å²) in [6, 6.07) is 3.63. The molecule has 1 heterocycles. The Bertz CT molecular complexity index is 813. The first-order chi connectivity index (χ1) is 11.1. The van der Waals surface area contributed by atoms with Gasteiger partial charge in [-0.25, -0.2) is 16.8 Å². The predicted octanol–water partition coefficient (Wildman–Crippen LogP) is 0.613. The van der Waals surface area contributed by atoms with Gasteiger partial charge in [-0.15, -0.1) is 0 Å². The standard InChI is InChI=1S/C14H20N2O6S2/c1-11(14(17)18)15-23(19,20)12-6-5-7-13(10-12)24(21,22)16-8-3-2-4-9-16/h5-7,10-11,15H,2-4,8-9H2,1H3,(H,17,18)/t11-/m0/s1. The number of hydrogen-bond donors (Lipinski definition) is 2. The molecule has 1 atom stereocenters. The molecule has 2 rings (SSSR count). The quantitative estimate of drug-likeness (QED) is 0.750. The Balaban J connectivity index is 2.33. The lowest BCUT2D eigenvalue weighted by atomic mass is 10.2. The number of carboxylic acids is 1. The Labute approximate surface area is 141 Å². The second-order valence-corrected chi connectivity index (χ2v) is 9.27. The molecule has 0 amide bonds. The maximum atomic E-state index is 12.6. The topological polar surface area (TPSA) is 121 Å². The van der Waals surface area contributed by atoms with E-state index in [9.17, 15) is 21.6 Å². The van der Waals surface area contributed by atoms with Gasteiger partial charge in [-0.05, 0) is 38.0 Å². The van der Waals surface area contributed by atoms with Gasteiger partial charge >= 0.3 is 5.97 Å². The zero-order valence-electron chi connectivity index (χ0n) is 13.2. The molecule has 0 aromatic heterocycles. The molecule has 1 fully saturated rings. The van der Waals surface area contributed by atoms with Gasteiger partial charge in [0.05, 0.1) is 9.79 Å². The van der Waals surface area contributed by atoms with E-state index in [4.69, 9.17) is 5.11 Å². The molecule has 1 aromatic carbocycles. The van der Waals surface area contributed by atoms with Crippen LogP contribution < -0.4 is 4.72 Å². The summed E-state index contributed by atoms with van der Waals surface area (Å²) in [6.07, 6.45) is 2.52. The van der Waals surface area contributed by atoms with E-state index in [1.54, 1.807) is 0 Å². The van der Waals surface area contributed by atoms with Crippen LogP contribution in [-0.2, 0) is 24.8 Å². The van der Waals surface area contributed by atoms with Crippen molar-refractivity contribution in [2.45, 2.75) is 42.0 Å². The number of carboxylic acid groups (broad SMARTS) is 1. The van der Waals surface area contributed by atoms with Crippen molar-refractivity contribution in [3.8, 4) is 0 Å². The molecule has 0 saturated carbocycles. The monoisotopic (exact) mass is 376 g/mol. The number of rotatable bonds is 6. The number of sulfonamides is 2. The van der Waals surface area contributed by atoms with Crippen molar-refractivity contribution in [3.05, 3.63) is 24.3 Å². The molecule has 1 aromatic rings. The van der Waals surface area contributed by atoms with Gasteiger partial charge in [0, 0.05) is 13.1 Å². The van der Waals surface area contributed by atoms with E-state index in [0.29, 0.717) is 13.1 Å². The minimum atomic E-state index is -4.13. The Morgan fingerprint density at radius 1 is 1.12 bits per heavy atom. The summed E-state index contributed by atoms with van der Waals surface area (Å²) in [5, 5.41) is 8.82. The van der Waals surface area contributed by atoms with Gasteiger partial charge in [-0.1, -0.05) is 12.5 Å². The Morgan fingerprint density at radius 3 is 2.29 bits per heavy atom. The van der Waals surface area contributed by atoms with Gasteiger partial charge < -0.3 is 5.11 Å². The average molecular weight is 376 g/mol. The van der Waals surface area contributed by atoms with Crippen LogP contribution in [0.1, 0.15) is 26.2 Å². The number of nitrogens with zero attached hydrogens (tertiary/aromatic N) is 1. The van der Waals surface area contributed by atoms with Crippen molar-refractivity contribution < 1.29 is 26.7 Å². The number of nitrogens with one attached hydrogen (secondary N) is 1. The third-order valence-corrected chi connectivity index (χ3v) is 7.20. The van der Waals surface area contributed by atoms with E-state index in [-0.39, 0.29) is 9.79 Å². The maximum Gasteiger partial charge on any atom is 0.321 e. The summed E-state index contributed by atoms with van der Waals surface area (Å²) in [7, 11) is -7.90. The van der Waals surface area contributed by atoms with Gasteiger partial charge in [-0.3, -0.25) is 4.79 Å². The highest BCUT2D eigenvalue weighted by Crippen LogP contribution is 2.22. The highest BCUT2D eigenvalue weighted by molar-refractivity contribution is 7.90. The number of benzene rings is 1. The first kappa shape index (κ1) is 18.8. The van der Waals surface area contributed by atoms with Crippen LogP contribution in [0.2, 0.25) is 0 Å². The van der Waals surface area contributed by atoms with Gasteiger partial charge in [-0.2, -0.15) is 9.03 Å². The summed E-state index contributed by atoms with van der Waals surface area (Å²) in [4.78, 5) is 10.4. The minimum absolute atomic E-state index is 0.116. The molecular weight excluding hydrogens is 356 g/mol. The molecule has 0 radical (unpaired) electrons. The molecule has 2 N–H and O–H groups in total. The summed E-state index contributed by atoms with van der Waals surface area (Å²) in [5.41, 5.74) is 0. The highest BCUT2D eigenvalue weighted by atomic mass is 32.2. The van der Waals surface area contributed by atoms with Crippen LogP contribution in [0.25, 0.3) is 0 Å². The predicted molar refractivity (Wildman–Crippen MR) is 86.5 cm³/mol. The lowest BCUT2D eigenvalue weighted by molar-refractivity contribution is -0.138. The summed E-state index contributed by atoms with van der Waals surface area (Å²) in [6.45, 7) is 2.01. The van der Waals surface area contributed by atoms with E-state index in [1.165, 1.54) is 29.4 Å². The molecule has 0 unspecified atom stereocenters. The van der Waals surface area contributed by atoms with Crippen molar-refractivity contribution in [2.75, 3.05) is 13.1 Å². The Hall–Kier alpha value is -1.49. The van der Waals surface area contributed by atoms with Crippen molar-refractivity contribution >= 4 is 26.0 Å². The number of hydrogen-bond acceptors (Lipinski definition) is 5. The van der Waals surface area contributed by atoms with Crippen LogP contribution in [0, 0.1) is 0 Å². The fraction of sp³-hybridized carbons (Fsp3) is 0.500. The van der Waals surface area contributed by atoms with Crippen LogP contribution in [0.3, 0.4) is 0 Å². The van der Waals surface area contributed by atoms with E-state index in [1.807, 2.05) is 4.72 Å². The summed E-state index contributed by atoms with van der Waals surface area (Å²) in [5.74, 6) is -1.32. The molecule has 0 aliphatic carbocycles. The van der Waals surface area contributed by atoms with Crippen LogP contribution >= 0.6 is 0 Å². The Kier molecular flexibility index (Phi) is 5.63. The molecule has 0 spiro atoms. The third-order valence-electron chi connectivity index (χ3n) is 3.77. The van der Waals surface area contributed by atoms with Gasteiger partial charge in [0.2, 0.25) is 20.0 Å². The third kappa shape index (κ3) is 4.12. The number of piperidine rings is 1. The summed E-state index contributed by atoms with van der Waals surface area (Å²) >= 11 is 0. The largest absolute Gasteiger partial charge is 0.480 e. The number of carbonyl (C=O) groups is 1. The first-order valence-electron chi connectivity index (χ1n) is 7.50. The van der Waals surface area contributed by atoms with Crippen molar-refractivity contribution in [3.63, 3.8) is 0 Å². The zero-order chi connectivity index (χ0) is 18.0. The first-order valence-corrected chi connectivity index (χ1v) is 10.4. The second kappa shape index (κ2) is 7.18. The fourth-order valence-electron chi connectivity index (χ4n) is 2.41. The summed E-state index contributed by atoms with van der Waals surface area (Å²) < 4.78 is 53.0. The minimum Gasteiger partial charge on any atom is -0.480 e. The van der Waals surface area contributed by atoms with Crippen molar-refractivity contribution in [1.82, 2.24) is 9.03 Å². The van der Waals surface area contributed by atoms with Crippen molar-refractivity contribution in [2.24, 2.45) is 0 Å². The fourth-order valence-corrected chi connectivity index (χ4v) is 5.29. The molecular formula is C14H20N2O6S2. The Morgan fingerprint density at radius 2 is 1.71 bits per heavy atom. The average Bonchev–Trinajstić information content (AvgIpc) is 2.55. The molecule has 134 valence electrons. The van der Waals surface area contributed by atoms with Crippen LogP contribution in [-0.4, -0.2) is 51.3 Å². The smallest absolute Gasteiger partial charge is 0.321 e. The molecule has 1 aliphatic heterocycles. The maximum absolute atomic E-state index is 12.6. The van der Waals surface area contributed by atoms with Gasteiger partial charge in [0.25, 0.3) is 0 Å². The molecule has 0 bridgehead atoms. The normalized spacial score (nSPS) is 18.2. The van der Waals surface area contributed by atoms with E-state index in [0.717, 1.165) is 25.3 Å². The highest BCUT2D eigenvalue weighted by Gasteiger charge is 2.28. The number of aliphatic carboxylic acids is 1. The van der Waals surface area contributed by atoms with Gasteiger partial charge in [0.1, 0.15) is 6.04 Å². The lowest BCUT2D eigenvalue weighted by Gasteiger charge is -2.26. The lowest BCUT2D eigenvalue weighted by Crippen LogP contribution is -2.38. The van der Waals surface area contributed by atoms with Crippen LogP contribution in [0.4, 0.5) is 0 Å². The molecule has 8 nitrogen and oxygen atoms in total. The van der Waals surface area contributed by atoms with Crippen LogP contribution in [0.5, 0.6) is 0 Å².